The number of aromatic hydroxyl groups is 1. The second-order valence-corrected chi connectivity index (χ2v) is 5.45. The van der Waals surface area contributed by atoms with Gasteiger partial charge in [-0.25, -0.2) is 0 Å². The van der Waals surface area contributed by atoms with Crippen LogP contribution >= 0.6 is 15.9 Å². The molecule has 0 fully saturated rings. The number of hydrogen-bond donors (Lipinski definition) is 3. The zero-order valence-corrected chi connectivity index (χ0v) is 12.3. The van der Waals surface area contributed by atoms with Crippen molar-refractivity contribution in [3.8, 4) is 5.75 Å². The van der Waals surface area contributed by atoms with Gasteiger partial charge in [0, 0.05) is 5.56 Å². The van der Waals surface area contributed by atoms with Crippen LogP contribution in [0.25, 0.3) is 0 Å². The first-order valence-corrected chi connectivity index (χ1v) is 6.72. The lowest BCUT2D eigenvalue weighted by molar-refractivity contribution is 0.0330. The van der Waals surface area contributed by atoms with Gasteiger partial charge in [-0.1, -0.05) is 0 Å². The number of amides is 1. The third-order valence-corrected chi connectivity index (χ3v) is 3.52. The normalized spacial score (nSPS) is 13.8. The number of nitrogens with one attached hydrogen (secondary N) is 1. The molecule has 0 spiro atoms. The highest BCUT2D eigenvalue weighted by molar-refractivity contribution is 9.10. The lowest BCUT2D eigenvalue weighted by Gasteiger charge is -2.21. The van der Waals surface area contributed by atoms with E-state index in [0.717, 1.165) is 0 Å². The van der Waals surface area contributed by atoms with E-state index in [9.17, 15) is 15.0 Å². The molecular weight excluding hydrogens is 326 g/mol. The summed E-state index contributed by atoms with van der Waals surface area (Å²) < 4.78 is 5.63. The number of carbonyl (C=O) groups excluding carboxylic acids is 1. The first-order chi connectivity index (χ1) is 9.40. The van der Waals surface area contributed by atoms with Crippen molar-refractivity contribution in [2.45, 2.75) is 12.5 Å². The Morgan fingerprint density at radius 3 is 2.80 bits per heavy atom. The summed E-state index contributed by atoms with van der Waals surface area (Å²) in [6.07, 6.45) is 1.46. The highest BCUT2D eigenvalue weighted by Gasteiger charge is 2.27. The second kappa shape index (κ2) is 5.68. The van der Waals surface area contributed by atoms with Crippen LogP contribution in [-0.2, 0) is 5.60 Å². The van der Waals surface area contributed by atoms with E-state index in [0.29, 0.717) is 15.8 Å². The van der Waals surface area contributed by atoms with Gasteiger partial charge in [0.1, 0.15) is 17.1 Å². The molecule has 1 unspecified atom stereocenters. The molecule has 1 atom stereocenters. The van der Waals surface area contributed by atoms with Crippen LogP contribution in [0.5, 0.6) is 5.75 Å². The van der Waals surface area contributed by atoms with Gasteiger partial charge < -0.3 is 19.9 Å². The van der Waals surface area contributed by atoms with E-state index < -0.39 is 5.60 Å². The lowest BCUT2D eigenvalue weighted by atomic mass is 10.0. The molecule has 5 nitrogen and oxygen atoms in total. The molecule has 20 heavy (non-hydrogen) atoms. The summed E-state index contributed by atoms with van der Waals surface area (Å²) in [7, 11) is 0. The van der Waals surface area contributed by atoms with Crippen LogP contribution in [0.1, 0.15) is 23.0 Å². The molecular formula is C14H14BrNO4. The summed E-state index contributed by atoms with van der Waals surface area (Å²) in [5, 5.41) is 22.3. The molecule has 0 aliphatic carbocycles. The molecule has 0 bridgehead atoms. The Bertz CT molecular complexity index is 608. The maximum absolute atomic E-state index is 11.9. The van der Waals surface area contributed by atoms with Gasteiger partial charge in [0.15, 0.2) is 0 Å². The van der Waals surface area contributed by atoms with Crippen molar-refractivity contribution in [3.63, 3.8) is 0 Å². The van der Waals surface area contributed by atoms with Crippen molar-refractivity contribution in [2.24, 2.45) is 0 Å². The Morgan fingerprint density at radius 2 is 2.20 bits per heavy atom. The summed E-state index contributed by atoms with van der Waals surface area (Å²) in [5.74, 6) is -0.0356. The molecule has 0 aliphatic rings. The fourth-order valence-corrected chi connectivity index (χ4v) is 1.93. The fourth-order valence-electron chi connectivity index (χ4n) is 1.68. The van der Waals surface area contributed by atoms with E-state index in [-0.39, 0.29) is 18.2 Å². The van der Waals surface area contributed by atoms with Crippen LogP contribution in [0.2, 0.25) is 0 Å². The smallest absolute Gasteiger partial charge is 0.251 e. The van der Waals surface area contributed by atoms with E-state index >= 15 is 0 Å². The molecule has 1 aromatic heterocycles. The Labute approximate surface area is 124 Å². The Balaban J connectivity index is 2.03. The van der Waals surface area contributed by atoms with Gasteiger partial charge >= 0.3 is 0 Å². The van der Waals surface area contributed by atoms with Crippen LogP contribution < -0.4 is 5.32 Å². The monoisotopic (exact) mass is 339 g/mol. The molecule has 0 saturated heterocycles. The molecule has 1 heterocycles. The average Bonchev–Trinajstić information content (AvgIpc) is 2.94. The largest absolute Gasteiger partial charge is 0.507 e. The van der Waals surface area contributed by atoms with Gasteiger partial charge in [0.25, 0.3) is 5.91 Å². The van der Waals surface area contributed by atoms with Crippen molar-refractivity contribution in [3.05, 3.63) is 52.4 Å². The zero-order chi connectivity index (χ0) is 14.8. The number of aliphatic hydroxyl groups is 1. The molecule has 0 saturated carbocycles. The average molecular weight is 340 g/mol. The zero-order valence-electron chi connectivity index (χ0n) is 10.8. The number of carbonyl (C=O) groups is 1. The van der Waals surface area contributed by atoms with E-state index in [1.54, 1.807) is 31.2 Å². The molecule has 0 aliphatic heterocycles. The molecule has 0 radical (unpaired) electrons. The summed E-state index contributed by atoms with van der Waals surface area (Å²) in [6.45, 7) is 1.54. The topological polar surface area (TPSA) is 82.7 Å². The van der Waals surface area contributed by atoms with Gasteiger partial charge in [-0.15, -0.1) is 0 Å². The Kier molecular flexibility index (Phi) is 4.15. The van der Waals surface area contributed by atoms with Crippen molar-refractivity contribution < 1.29 is 19.4 Å². The van der Waals surface area contributed by atoms with Crippen LogP contribution in [0, 0.1) is 0 Å². The third-order valence-electron chi connectivity index (χ3n) is 2.85. The van der Waals surface area contributed by atoms with Crippen LogP contribution in [0.15, 0.2) is 45.5 Å². The lowest BCUT2D eigenvalue weighted by Crippen LogP contribution is -2.38. The number of hydrogen-bond acceptors (Lipinski definition) is 4. The number of benzene rings is 1. The van der Waals surface area contributed by atoms with Gasteiger partial charge in [-0.05, 0) is 53.2 Å². The molecule has 1 aromatic carbocycles. The first kappa shape index (κ1) is 14.6. The number of phenolic OH excluding ortho intramolecular Hbond substituents is 1. The van der Waals surface area contributed by atoms with E-state index in [1.165, 1.54) is 12.3 Å². The van der Waals surface area contributed by atoms with Crippen molar-refractivity contribution in [1.82, 2.24) is 5.32 Å². The number of phenols is 1. The SMILES string of the molecule is CC(O)(CNC(=O)c1ccc(Br)c(O)c1)c1ccco1. The summed E-state index contributed by atoms with van der Waals surface area (Å²) in [5.41, 5.74) is -0.989. The van der Waals surface area contributed by atoms with Crippen LogP contribution in [0.3, 0.4) is 0 Å². The number of halogens is 1. The van der Waals surface area contributed by atoms with E-state index in [4.69, 9.17) is 4.42 Å². The fraction of sp³-hybridized carbons (Fsp3) is 0.214. The summed E-state index contributed by atoms with van der Waals surface area (Å²) in [6, 6.07) is 7.80. The molecule has 3 N–H and O–H groups in total. The predicted molar refractivity (Wildman–Crippen MR) is 76.4 cm³/mol. The third kappa shape index (κ3) is 3.20. The standard InChI is InChI=1S/C14H14BrNO4/c1-14(19,12-3-2-6-20-12)8-16-13(18)9-4-5-10(15)11(17)7-9/h2-7,17,19H,8H2,1H3,(H,16,18). The van der Waals surface area contributed by atoms with Crippen molar-refractivity contribution in [2.75, 3.05) is 6.54 Å². The molecule has 2 aromatic rings. The maximum Gasteiger partial charge on any atom is 0.251 e. The van der Waals surface area contributed by atoms with Gasteiger partial charge in [-0.2, -0.15) is 0 Å². The Morgan fingerprint density at radius 1 is 1.45 bits per heavy atom. The minimum absolute atomic E-state index is 0.00380. The van der Waals surface area contributed by atoms with Gasteiger partial charge in [0.2, 0.25) is 0 Å². The minimum atomic E-state index is -1.30. The quantitative estimate of drug-likeness (QED) is 0.798. The highest BCUT2D eigenvalue weighted by atomic mass is 79.9. The van der Waals surface area contributed by atoms with Gasteiger partial charge in [-0.3, -0.25) is 4.79 Å². The summed E-state index contributed by atoms with van der Waals surface area (Å²) in [4.78, 5) is 11.9. The maximum atomic E-state index is 11.9. The minimum Gasteiger partial charge on any atom is -0.507 e. The summed E-state index contributed by atoms with van der Waals surface area (Å²) >= 11 is 3.14. The van der Waals surface area contributed by atoms with E-state index in [2.05, 4.69) is 21.2 Å². The van der Waals surface area contributed by atoms with Gasteiger partial charge in [0.05, 0.1) is 17.3 Å². The molecule has 1 amide bonds. The molecule has 106 valence electrons. The van der Waals surface area contributed by atoms with Crippen LogP contribution in [-0.4, -0.2) is 22.7 Å². The van der Waals surface area contributed by atoms with E-state index in [1.807, 2.05) is 0 Å². The molecule has 2 rings (SSSR count). The number of rotatable bonds is 4. The second-order valence-electron chi connectivity index (χ2n) is 4.60. The number of furan rings is 1. The molecule has 6 heteroatoms. The highest BCUT2D eigenvalue weighted by Crippen LogP contribution is 2.24. The predicted octanol–water partition coefficient (Wildman–Crippen LogP) is 2.39. The van der Waals surface area contributed by atoms with Crippen LogP contribution in [0.4, 0.5) is 0 Å². The van der Waals surface area contributed by atoms with Crippen molar-refractivity contribution >= 4 is 21.8 Å². The Hall–Kier alpha value is -1.79. The first-order valence-electron chi connectivity index (χ1n) is 5.93. The van der Waals surface area contributed by atoms with Crippen molar-refractivity contribution in [1.29, 1.82) is 0 Å².